The number of aryl methyl sites for hydroxylation is 2. The highest BCUT2D eigenvalue weighted by Gasteiger charge is 2.49. The molecule has 0 radical (unpaired) electrons. The molecule has 0 bridgehead atoms. The molecule has 1 unspecified atom stereocenters. The summed E-state index contributed by atoms with van der Waals surface area (Å²) in [7, 11) is 0. The Hall–Kier alpha value is -4.18. The smallest absolute Gasteiger partial charge is 0.309 e. The van der Waals surface area contributed by atoms with E-state index in [-0.39, 0.29) is 31.3 Å². The van der Waals surface area contributed by atoms with E-state index >= 15 is 4.39 Å². The van der Waals surface area contributed by atoms with Gasteiger partial charge in [-0.1, -0.05) is 32.9 Å². The van der Waals surface area contributed by atoms with Gasteiger partial charge in [-0.25, -0.2) is 8.78 Å². The standard InChI is InChI=1S/C34H38F2N2O6/c1-5-12-42-23-8-9-25(27(36)15-23)32-30(34(40)41)26(24-10-11-28-33(19(24)4)44-18-43-28)16-38(32)17-29(39)37-31-20(6-2)13-22(35)14-21(31)7-3/h8-11,13-15,26,30,32H,5-7,12,16-18H2,1-4H3,(H,37,39)(H,40,41)/t26-,30?,32+/m1/s1. The Kier molecular flexibility index (Phi) is 9.39. The van der Waals surface area contributed by atoms with Gasteiger partial charge < -0.3 is 24.6 Å². The Bertz CT molecular complexity index is 1540. The Morgan fingerprint density at radius 1 is 1.02 bits per heavy atom. The van der Waals surface area contributed by atoms with E-state index in [2.05, 4.69) is 5.32 Å². The summed E-state index contributed by atoms with van der Waals surface area (Å²) >= 11 is 0. The highest BCUT2D eigenvalue weighted by molar-refractivity contribution is 5.94. The molecule has 2 N–H and O–H groups in total. The molecule has 0 aromatic heterocycles. The van der Waals surface area contributed by atoms with Crippen molar-refractivity contribution in [3.8, 4) is 17.2 Å². The molecule has 8 nitrogen and oxygen atoms in total. The van der Waals surface area contributed by atoms with Crippen LogP contribution in [0.15, 0.2) is 42.5 Å². The van der Waals surface area contributed by atoms with Gasteiger partial charge in [-0.3, -0.25) is 14.5 Å². The van der Waals surface area contributed by atoms with Crippen molar-refractivity contribution in [2.45, 2.75) is 58.9 Å². The molecule has 44 heavy (non-hydrogen) atoms. The number of aliphatic carboxylic acids is 1. The van der Waals surface area contributed by atoms with E-state index in [4.69, 9.17) is 14.2 Å². The number of benzene rings is 3. The predicted octanol–water partition coefficient (Wildman–Crippen LogP) is 6.40. The molecule has 234 valence electrons. The number of ether oxygens (including phenoxy) is 3. The van der Waals surface area contributed by atoms with E-state index in [0.29, 0.717) is 53.5 Å². The van der Waals surface area contributed by atoms with Crippen molar-refractivity contribution in [3.63, 3.8) is 0 Å². The zero-order valence-corrected chi connectivity index (χ0v) is 25.4. The van der Waals surface area contributed by atoms with Gasteiger partial charge in [0.25, 0.3) is 0 Å². The van der Waals surface area contributed by atoms with Crippen LogP contribution in [0, 0.1) is 24.5 Å². The number of nitrogens with one attached hydrogen (secondary N) is 1. The Labute approximate surface area is 255 Å². The fourth-order valence-electron chi connectivity index (χ4n) is 6.47. The minimum atomic E-state index is -1.11. The number of carbonyl (C=O) groups excluding carboxylic acids is 1. The molecule has 3 aromatic rings. The van der Waals surface area contributed by atoms with Gasteiger partial charge >= 0.3 is 5.97 Å². The maximum absolute atomic E-state index is 15.8. The lowest BCUT2D eigenvalue weighted by molar-refractivity contribution is -0.143. The lowest BCUT2D eigenvalue weighted by Gasteiger charge is -2.28. The second-order valence-electron chi connectivity index (χ2n) is 11.2. The maximum Gasteiger partial charge on any atom is 0.309 e. The first-order valence-corrected chi connectivity index (χ1v) is 15.1. The summed E-state index contributed by atoms with van der Waals surface area (Å²) in [6.45, 7) is 8.02. The summed E-state index contributed by atoms with van der Waals surface area (Å²) in [6.07, 6.45) is 1.77. The molecule has 10 heteroatoms. The topological polar surface area (TPSA) is 97.3 Å². The predicted molar refractivity (Wildman–Crippen MR) is 161 cm³/mol. The number of carboxylic acid groups (broad SMARTS) is 1. The van der Waals surface area contributed by atoms with Crippen molar-refractivity contribution >= 4 is 17.6 Å². The second kappa shape index (κ2) is 13.2. The fraction of sp³-hybridized carbons (Fsp3) is 0.412. The summed E-state index contributed by atoms with van der Waals surface area (Å²) in [5.41, 5.74) is 3.53. The third-order valence-corrected chi connectivity index (χ3v) is 8.52. The van der Waals surface area contributed by atoms with Gasteiger partial charge in [0, 0.05) is 29.8 Å². The van der Waals surface area contributed by atoms with Gasteiger partial charge in [0.15, 0.2) is 11.5 Å². The molecule has 0 spiro atoms. The van der Waals surface area contributed by atoms with Crippen LogP contribution in [0.4, 0.5) is 14.5 Å². The average molecular weight is 609 g/mol. The summed E-state index contributed by atoms with van der Waals surface area (Å²) < 4.78 is 46.8. The molecule has 1 fully saturated rings. The number of likely N-dealkylation sites (tertiary alicyclic amines) is 1. The van der Waals surface area contributed by atoms with Crippen molar-refractivity contribution in [1.82, 2.24) is 4.90 Å². The van der Waals surface area contributed by atoms with E-state index in [1.807, 2.05) is 33.8 Å². The molecule has 1 saturated heterocycles. The molecule has 5 rings (SSSR count). The van der Waals surface area contributed by atoms with Crippen LogP contribution in [-0.4, -0.2) is 48.4 Å². The zero-order chi connectivity index (χ0) is 31.5. The monoisotopic (exact) mass is 608 g/mol. The van der Waals surface area contributed by atoms with E-state index in [9.17, 15) is 19.1 Å². The Balaban J connectivity index is 1.53. The molecule has 2 aliphatic heterocycles. The van der Waals surface area contributed by atoms with Gasteiger partial charge in [0.2, 0.25) is 12.7 Å². The van der Waals surface area contributed by atoms with Crippen LogP contribution >= 0.6 is 0 Å². The third kappa shape index (κ3) is 6.08. The summed E-state index contributed by atoms with van der Waals surface area (Å²) in [5, 5.41) is 13.6. The SMILES string of the molecule is CCCOc1ccc([C@H]2C(C(=O)O)[C@@H](c3ccc4c(c3C)OCO4)CN2CC(=O)Nc2c(CC)cc(F)cc2CC)c(F)c1. The first kappa shape index (κ1) is 31.3. The molecule has 0 aliphatic carbocycles. The summed E-state index contributed by atoms with van der Waals surface area (Å²) in [5.74, 6) is -2.67. The van der Waals surface area contributed by atoms with Crippen LogP contribution in [0.3, 0.4) is 0 Å². The van der Waals surface area contributed by atoms with E-state index in [0.717, 1.165) is 17.5 Å². The van der Waals surface area contributed by atoms with E-state index < -0.39 is 35.6 Å². The van der Waals surface area contributed by atoms with Gasteiger partial charge in [-0.05, 0) is 72.7 Å². The van der Waals surface area contributed by atoms with E-state index in [1.165, 1.54) is 18.2 Å². The normalized spacial score (nSPS) is 19.3. The number of amides is 1. The highest BCUT2D eigenvalue weighted by atomic mass is 19.1. The largest absolute Gasteiger partial charge is 0.494 e. The van der Waals surface area contributed by atoms with Gasteiger partial charge in [-0.15, -0.1) is 0 Å². The number of hydrogen-bond donors (Lipinski definition) is 2. The number of hydrogen-bond acceptors (Lipinski definition) is 6. The molecule has 0 saturated carbocycles. The summed E-state index contributed by atoms with van der Waals surface area (Å²) in [4.78, 5) is 28.3. The number of halogens is 2. The van der Waals surface area contributed by atoms with Crippen LogP contribution in [0.2, 0.25) is 0 Å². The molecule has 2 aliphatic rings. The minimum absolute atomic E-state index is 0.0715. The molecule has 3 aromatic carbocycles. The fourth-order valence-corrected chi connectivity index (χ4v) is 6.47. The van der Waals surface area contributed by atoms with Crippen LogP contribution in [0.1, 0.15) is 67.0 Å². The van der Waals surface area contributed by atoms with Crippen LogP contribution < -0.4 is 19.5 Å². The molecule has 2 heterocycles. The zero-order valence-electron chi connectivity index (χ0n) is 25.4. The maximum atomic E-state index is 15.8. The quantitative estimate of drug-likeness (QED) is 0.260. The molecular formula is C34H38F2N2O6. The lowest BCUT2D eigenvalue weighted by Crippen LogP contribution is -2.36. The highest BCUT2D eigenvalue weighted by Crippen LogP contribution is 2.50. The van der Waals surface area contributed by atoms with E-state index in [1.54, 1.807) is 23.1 Å². The Morgan fingerprint density at radius 2 is 1.73 bits per heavy atom. The second-order valence-corrected chi connectivity index (χ2v) is 11.2. The lowest BCUT2D eigenvalue weighted by atomic mass is 9.81. The van der Waals surface area contributed by atoms with Gasteiger partial charge in [-0.2, -0.15) is 0 Å². The number of carboxylic acids is 1. The third-order valence-electron chi connectivity index (χ3n) is 8.52. The number of carbonyl (C=O) groups is 2. The average Bonchev–Trinajstić information content (AvgIpc) is 3.62. The molecule has 3 atom stereocenters. The summed E-state index contributed by atoms with van der Waals surface area (Å²) in [6, 6.07) is 9.87. The van der Waals surface area contributed by atoms with Gasteiger partial charge in [0.05, 0.1) is 25.1 Å². The van der Waals surface area contributed by atoms with Crippen molar-refractivity contribution < 1.29 is 37.7 Å². The Morgan fingerprint density at radius 3 is 2.36 bits per heavy atom. The van der Waals surface area contributed by atoms with Crippen molar-refractivity contribution in [2.75, 3.05) is 31.8 Å². The molecular weight excluding hydrogens is 570 g/mol. The number of anilines is 1. The number of rotatable bonds is 11. The van der Waals surface area contributed by atoms with Gasteiger partial charge in [0.1, 0.15) is 17.4 Å². The number of fused-ring (bicyclic) bond motifs is 1. The first-order valence-electron chi connectivity index (χ1n) is 15.1. The first-order chi connectivity index (χ1) is 21.2. The van der Waals surface area contributed by atoms with Crippen LogP contribution in [0.25, 0.3) is 0 Å². The van der Waals surface area contributed by atoms with Crippen LogP contribution in [-0.2, 0) is 22.4 Å². The minimum Gasteiger partial charge on any atom is -0.494 e. The molecule has 1 amide bonds. The number of nitrogens with zero attached hydrogens (tertiary/aromatic N) is 1. The van der Waals surface area contributed by atoms with Crippen LogP contribution in [0.5, 0.6) is 17.2 Å². The van der Waals surface area contributed by atoms with Crippen molar-refractivity contribution in [2.24, 2.45) is 5.92 Å². The van der Waals surface area contributed by atoms with Crippen molar-refractivity contribution in [3.05, 3.63) is 81.9 Å². The van der Waals surface area contributed by atoms with Crippen molar-refractivity contribution in [1.29, 1.82) is 0 Å².